The van der Waals surface area contributed by atoms with Gasteiger partial charge in [0.2, 0.25) is 0 Å². The lowest BCUT2D eigenvalue weighted by Crippen LogP contribution is -2.46. The first-order valence-corrected chi connectivity index (χ1v) is 11.3. The molecule has 0 N–H and O–H groups in total. The SMILES string of the molecule is CCC[C@@]1(C)[C@@H](c2cccc(C#N)c2)N(c2ccc(Cl)cc2)C(=O)N1c1ccc(Cl)cc1. The van der Waals surface area contributed by atoms with Crippen molar-refractivity contribution in [2.75, 3.05) is 9.80 Å². The molecule has 0 bridgehead atoms. The summed E-state index contributed by atoms with van der Waals surface area (Å²) in [5.74, 6) is 0. The van der Waals surface area contributed by atoms with E-state index < -0.39 is 5.54 Å². The molecule has 1 aliphatic rings. The van der Waals surface area contributed by atoms with Crippen LogP contribution in [0.5, 0.6) is 0 Å². The smallest absolute Gasteiger partial charge is 0.286 e. The van der Waals surface area contributed by atoms with Crippen molar-refractivity contribution in [3.05, 3.63) is 94.0 Å². The standard InChI is InChI=1S/C26H23Cl2N3O/c1-3-15-26(2)24(19-6-4-5-18(16-19)17-29)30(22-11-7-20(27)8-12-22)25(32)31(26)23-13-9-21(28)10-14-23/h4-14,16,24H,3,15H2,1-2H3/t24-,26+/m1/s1. The molecule has 0 saturated carbocycles. The molecule has 3 aromatic rings. The van der Waals surface area contributed by atoms with E-state index in [4.69, 9.17) is 23.2 Å². The van der Waals surface area contributed by atoms with Crippen LogP contribution in [0.25, 0.3) is 0 Å². The molecule has 0 spiro atoms. The summed E-state index contributed by atoms with van der Waals surface area (Å²) >= 11 is 12.3. The molecular formula is C26H23Cl2N3O. The molecule has 0 radical (unpaired) electrons. The van der Waals surface area contributed by atoms with Gasteiger partial charge in [-0.15, -0.1) is 0 Å². The van der Waals surface area contributed by atoms with Gasteiger partial charge in [-0.25, -0.2) is 4.79 Å². The van der Waals surface area contributed by atoms with Crippen LogP contribution in [0.15, 0.2) is 72.8 Å². The summed E-state index contributed by atoms with van der Waals surface area (Å²) in [5, 5.41) is 10.7. The number of rotatable bonds is 5. The lowest BCUT2D eigenvalue weighted by Gasteiger charge is -2.39. The molecule has 32 heavy (non-hydrogen) atoms. The number of hydrogen-bond acceptors (Lipinski definition) is 2. The molecule has 0 aliphatic carbocycles. The molecule has 0 unspecified atom stereocenters. The fourth-order valence-corrected chi connectivity index (χ4v) is 4.99. The first-order valence-electron chi connectivity index (χ1n) is 10.5. The molecule has 4 rings (SSSR count). The number of benzene rings is 3. The van der Waals surface area contributed by atoms with E-state index in [2.05, 4.69) is 19.9 Å². The van der Waals surface area contributed by atoms with Gasteiger partial charge < -0.3 is 0 Å². The molecule has 2 atom stereocenters. The van der Waals surface area contributed by atoms with Crippen molar-refractivity contribution < 1.29 is 4.79 Å². The van der Waals surface area contributed by atoms with E-state index in [1.807, 2.05) is 52.3 Å². The van der Waals surface area contributed by atoms with Crippen LogP contribution in [0, 0.1) is 11.3 Å². The van der Waals surface area contributed by atoms with Crippen LogP contribution in [-0.4, -0.2) is 11.6 Å². The van der Waals surface area contributed by atoms with Gasteiger partial charge in [-0.05, 0) is 79.6 Å². The molecule has 162 valence electrons. The lowest BCUT2D eigenvalue weighted by molar-refractivity contribution is 0.253. The van der Waals surface area contributed by atoms with Crippen LogP contribution in [0.1, 0.15) is 43.9 Å². The molecule has 3 aromatic carbocycles. The van der Waals surface area contributed by atoms with Gasteiger partial charge in [0.05, 0.1) is 23.2 Å². The van der Waals surface area contributed by atoms with E-state index in [-0.39, 0.29) is 12.1 Å². The molecule has 1 heterocycles. The van der Waals surface area contributed by atoms with Gasteiger partial charge in [0.25, 0.3) is 0 Å². The lowest BCUT2D eigenvalue weighted by atomic mass is 9.82. The largest absolute Gasteiger partial charge is 0.330 e. The summed E-state index contributed by atoms with van der Waals surface area (Å²) in [7, 11) is 0. The van der Waals surface area contributed by atoms with Crippen LogP contribution in [0.2, 0.25) is 10.0 Å². The Morgan fingerprint density at radius 2 is 1.56 bits per heavy atom. The van der Waals surface area contributed by atoms with Crippen molar-refractivity contribution in [1.82, 2.24) is 0 Å². The quantitative estimate of drug-likeness (QED) is 0.390. The summed E-state index contributed by atoms with van der Waals surface area (Å²) in [4.78, 5) is 17.7. The molecule has 6 heteroatoms. The first-order chi connectivity index (χ1) is 15.4. The first kappa shape index (κ1) is 22.2. The Bertz CT molecular complexity index is 1170. The molecule has 1 fully saturated rings. The second kappa shape index (κ2) is 8.86. The maximum Gasteiger partial charge on any atom is 0.330 e. The maximum atomic E-state index is 14.0. The highest BCUT2D eigenvalue weighted by molar-refractivity contribution is 6.31. The van der Waals surface area contributed by atoms with Gasteiger partial charge in [0.15, 0.2) is 0 Å². The number of amides is 2. The van der Waals surface area contributed by atoms with Crippen molar-refractivity contribution in [1.29, 1.82) is 5.26 Å². The normalized spacial score (nSPS) is 20.5. The Morgan fingerprint density at radius 3 is 2.12 bits per heavy atom. The fraction of sp³-hybridized carbons (Fsp3) is 0.231. The van der Waals surface area contributed by atoms with Gasteiger partial charge in [-0.3, -0.25) is 9.80 Å². The van der Waals surface area contributed by atoms with Crippen molar-refractivity contribution in [3.8, 4) is 6.07 Å². The Balaban J connectivity index is 1.95. The second-order valence-corrected chi connectivity index (χ2v) is 9.06. The van der Waals surface area contributed by atoms with Gasteiger partial charge >= 0.3 is 6.03 Å². The Morgan fingerprint density at radius 1 is 0.969 bits per heavy atom. The zero-order valence-corrected chi connectivity index (χ0v) is 19.4. The maximum absolute atomic E-state index is 14.0. The molecule has 1 saturated heterocycles. The van der Waals surface area contributed by atoms with E-state index >= 15 is 0 Å². The highest BCUT2D eigenvalue weighted by Gasteiger charge is 2.55. The average Bonchev–Trinajstić information content (AvgIpc) is 3.02. The molecular weight excluding hydrogens is 441 g/mol. The fourth-order valence-electron chi connectivity index (χ4n) is 4.73. The van der Waals surface area contributed by atoms with Crippen LogP contribution in [0.3, 0.4) is 0 Å². The number of carbonyl (C=O) groups excluding carboxylic acids is 1. The van der Waals surface area contributed by atoms with Crippen LogP contribution in [0.4, 0.5) is 16.2 Å². The highest BCUT2D eigenvalue weighted by Crippen LogP contribution is 2.50. The van der Waals surface area contributed by atoms with Gasteiger partial charge in [0.1, 0.15) is 0 Å². The summed E-state index contributed by atoms with van der Waals surface area (Å²) < 4.78 is 0. The zero-order chi connectivity index (χ0) is 22.9. The number of halogens is 2. The highest BCUT2D eigenvalue weighted by atomic mass is 35.5. The summed E-state index contributed by atoms with van der Waals surface area (Å²) in [5.41, 5.74) is 2.46. The Kier molecular flexibility index (Phi) is 6.15. The van der Waals surface area contributed by atoms with Crippen molar-refractivity contribution in [2.24, 2.45) is 0 Å². The monoisotopic (exact) mass is 463 g/mol. The molecule has 0 aromatic heterocycles. The third-order valence-electron chi connectivity index (χ3n) is 6.03. The topological polar surface area (TPSA) is 47.3 Å². The zero-order valence-electron chi connectivity index (χ0n) is 17.9. The minimum atomic E-state index is -0.562. The predicted molar refractivity (Wildman–Crippen MR) is 130 cm³/mol. The van der Waals surface area contributed by atoms with Gasteiger partial charge in [-0.2, -0.15) is 5.26 Å². The van der Waals surface area contributed by atoms with E-state index in [1.165, 1.54) is 0 Å². The summed E-state index contributed by atoms with van der Waals surface area (Å²) in [6.07, 6.45) is 1.66. The number of carbonyl (C=O) groups is 1. The third kappa shape index (κ3) is 3.83. The van der Waals surface area contributed by atoms with Crippen LogP contribution < -0.4 is 9.80 Å². The Hall–Kier alpha value is -3.00. The minimum Gasteiger partial charge on any atom is -0.286 e. The van der Waals surface area contributed by atoms with Crippen molar-refractivity contribution >= 4 is 40.6 Å². The second-order valence-electron chi connectivity index (χ2n) is 8.19. The van der Waals surface area contributed by atoms with E-state index in [1.54, 1.807) is 30.3 Å². The van der Waals surface area contributed by atoms with E-state index in [9.17, 15) is 10.1 Å². The minimum absolute atomic E-state index is 0.127. The van der Waals surface area contributed by atoms with E-state index in [0.717, 1.165) is 29.8 Å². The number of hydrogen-bond donors (Lipinski definition) is 0. The molecule has 1 aliphatic heterocycles. The van der Waals surface area contributed by atoms with Crippen LogP contribution in [-0.2, 0) is 0 Å². The average molecular weight is 464 g/mol. The van der Waals surface area contributed by atoms with E-state index in [0.29, 0.717) is 15.6 Å². The van der Waals surface area contributed by atoms with Crippen molar-refractivity contribution in [3.63, 3.8) is 0 Å². The number of nitriles is 1. The summed E-state index contributed by atoms with van der Waals surface area (Å²) in [6.45, 7) is 4.23. The third-order valence-corrected chi connectivity index (χ3v) is 6.54. The Labute approximate surface area is 198 Å². The van der Waals surface area contributed by atoms with Crippen molar-refractivity contribution in [2.45, 2.75) is 38.3 Å². The van der Waals surface area contributed by atoms with Crippen LogP contribution >= 0.6 is 23.2 Å². The van der Waals surface area contributed by atoms with Gasteiger partial charge in [0, 0.05) is 21.4 Å². The predicted octanol–water partition coefficient (Wildman–Crippen LogP) is 7.61. The number of urea groups is 1. The summed E-state index contributed by atoms with van der Waals surface area (Å²) in [6, 6.07) is 23.9. The molecule has 2 amide bonds. The van der Waals surface area contributed by atoms with Gasteiger partial charge in [-0.1, -0.05) is 48.7 Å². The number of anilines is 2. The number of nitrogens with zero attached hydrogens (tertiary/aromatic N) is 3. The molecule has 4 nitrogen and oxygen atoms in total.